The van der Waals surface area contributed by atoms with E-state index in [1.165, 1.54) is 12.1 Å². The maximum absolute atomic E-state index is 12.0. The molecule has 0 aliphatic heterocycles. The molecule has 130 valence electrons. The van der Waals surface area contributed by atoms with Crippen molar-refractivity contribution in [3.8, 4) is 0 Å². The molecule has 1 unspecified atom stereocenters. The highest BCUT2D eigenvalue weighted by Crippen LogP contribution is 2.09. The van der Waals surface area contributed by atoms with Gasteiger partial charge in [-0.25, -0.2) is 13.1 Å². The monoisotopic (exact) mass is 340 g/mol. The first-order valence-corrected chi connectivity index (χ1v) is 9.63. The van der Waals surface area contributed by atoms with Crippen molar-refractivity contribution in [2.24, 2.45) is 5.92 Å². The second-order valence-corrected chi connectivity index (χ2v) is 8.02. The summed E-state index contributed by atoms with van der Waals surface area (Å²) < 4.78 is 26.4. The molecule has 2 N–H and O–H groups in total. The molecule has 0 saturated carbocycles. The molecule has 0 aromatic heterocycles. The van der Waals surface area contributed by atoms with Gasteiger partial charge in [-0.3, -0.25) is 4.79 Å². The fourth-order valence-electron chi connectivity index (χ4n) is 2.23. The van der Waals surface area contributed by atoms with Gasteiger partial charge in [0.15, 0.2) is 0 Å². The minimum Gasteiger partial charge on any atom is -0.354 e. The van der Waals surface area contributed by atoms with Gasteiger partial charge in [0.25, 0.3) is 0 Å². The Hall–Kier alpha value is -1.40. The molecule has 0 radical (unpaired) electrons. The normalized spacial score (nSPS) is 13.0. The maximum Gasteiger partial charge on any atom is 0.240 e. The largest absolute Gasteiger partial charge is 0.354 e. The van der Waals surface area contributed by atoms with Crippen LogP contribution < -0.4 is 10.0 Å². The van der Waals surface area contributed by atoms with E-state index in [0.29, 0.717) is 5.92 Å². The topological polar surface area (TPSA) is 75.3 Å². The molecule has 5 nitrogen and oxygen atoms in total. The maximum atomic E-state index is 12.0. The lowest BCUT2D eigenvalue weighted by Crippen LogP contribution is -2.35. The highest BCUT2D eigenvalue weighted by atomic mass is 32.2. The van der Waals surface area contributed by atoms with Crippen molar-refractivity contribution in [2.45, 2.75) is 57.4 Å². The molecule has 1 amide bonds. The van der Waals surface area contributed by atoms with Crippen LogP contribution in [0.3, 0.4) is 0 Å². The van der Waals surface area contributed by atoms with Crippen molar-refractivity contribution in [1.82, 2.24) is 10.0 Å². The summed E-state index contributed by atoms with van der Waals surface area (Å²) in [5, 5.41) is 2.91. The Balaban J connectivity index is 2.28. The third-order valence-corrected chi connectivity index (χ3v) is 5.00. The summed E-state index contributed by atoms with van der Waals surface area (Å²) in [6.45, 7) is 6.44. The molecule has 0 saturated heterocycles. The number of hydrogen-bond acceptors (Lipinski definition) is 3. The number of hydrogen-bond donors (Lipinski definition) is 2. The molecular weight excluding hydrogens is 312 g/mol. The van der Waals surface area contributed by atoms with Gasteiger partial charge >= 0.3 is 0 Å². The highest BCUT2D eigenvalue weighted by Gasteiger charge is 2.14. The second kappa shape index (κ2) is 9.67. The lowest BCUT2D eigenvalue weighted by Gasteiger charge is -2.14. The number of carbonyl (C=O) groups is 1. The summed E-state index contributed by atoms with van der Waals surface area (Å²) in [6.07, 6.45) is 3.32. The average molecular weight is 340 g/mol. The van der Waals surface area contributed by atoms with Gasteiger partial charge in [-0.2, -0.15) is 0 Å². The number of amides is 1. The fourth-order valence-corrected chi connectivity index (χ4v) is 3.29. The molecule has 1 atom stereocenters. The van der Waals surface area contributed by atoms with Crippen molar-refractivity contribution >= 4 is 15.9 Å². The average Bonchev–Trinajstić information content (AvgIpc) is 2.47. The van der Waals surface area contributed by atoms with Gasteiger partial charge in [0.1, 0.15) is 0 Å². The van der Waals surface area contributed by atoms with Crippen LogP contribution in [-0.2, 0) is 14.8 Å². The fraction of sp³-hybridized carbons (Fsp3) is 0.588. The highest BCUT2D eigenvalue weighted by molar-refractivity contribution is 7.89. The Morgan fingerprint density at radius 3 is 2.35 bits per heavy atom. The van der Waals surface area contributed by atoms with Gasteiger partial charge in [0.2, 0.25) is 15.9 Å². The molecule has 0 aliphatic carbocycles. The molecule has 0 heterocycles. The van der Waals surface area contributed by atoms with Gasteiger partial charge in [0.05, 0.1) is 4.90 Å². The van der Waals surface area contributed by atoms with E-state index in [1.54, 1.807) is 18.2 Å². The van der Waals surface area contributed by atoms with Crippen molar-refractivity contribution in [3.05, 3.63) is 30.3 Å². The first-order chi connectivity index (χ1) is 10.8. The third-order valence-electron chi connectivity index (χ3n) is 3.52. The van der Waals surface area contributed by atoms with Gasteiger partial charge in [-0.05, 0) is 31.4 Å². The Bertz CT molecular complexity index is 571. The Labute approximate surface area is 139 Å². The standard InChI is InChI=1S/C17H28N2O3S/c1-14(2)8-7-9-15(3)19-17(20)12-13-18-23(21,22)16-10-5-4-6-11-16/h4-6,10-11,14-15,18H,7-9,12-13H2,1-3H3,(H,19,20). The zero-order valence-electron chi connectivity index (χ0n) is 14.2. The number of sulfonamides is 1. The van der Waals surface area contributed by atoms with Gasteiger partial charge < -0.3 is 5.32 Å². The smallest absolute Gasteiger partial charge is 0.240 e. The van der Waals surface area contributed by atoms with E-state index in [0.717, 1.165) is 19.3 Å². The summed E-state index contributed by atoms with van der Waals surface area (Å²) in [4.78, 5) is 12.0. The first kappa shape index (κ1) is 19.6. The summed E-state index contributed by atoms with van der Waals surface area (Å²) in [7, 11) is -3.54. The van der Waals surface area contributed by atoms with Crippen LogP contribution in [0.4, 0.5) is 0 Å². The number of benzene rings is 1. The van der Waals surface area contributed by atoms with Crippen molar-refractivity contribution in [1.29, 1.82) is 0 Å². The van der Waals surface area contributed by atoms with E-state index in [4.69, 9.17) is 0 Å². The predicted octanol–water partition coefficient (Wildman–Crippen LogP) is 2.69. The summed E-state index contributed by atoms with van der Waals surface area (Å²) in [5.41, 5.74) is 0. The van der Waals surface area contributed by atoms with Crippen molar-refractivity contribution in [2.75, 3.05) is 6.54 Å². The van der Waals surface area contributed by atoms with E-state index in [1.807, 2.05) is 6.92 Å². The summed E-state index contributed by atoms with van der Waals surface area (Å²) in [5.74, 6) is 0.545. The van der Waals surface area contributed by atoms with Crippen LogP contribution in [0.25, 0.3) is 0 Å². The first-order valence-electron chi connectivity index (χ1n) is 8.15. The molecule has 1 aromatic rings. The van der Waals surface area contributed by atoms with Crippen LogP contribution in [0.2, 0.25) is 0 Å². The number of nitrogens with one attached hydrogen (secondary N) is 2. The molecule has 1 rings (SSSR count). The van der Waals surface area contributed by atoms with Gasteiger partial charge in [-0.15, -0.1) is 0 Å². The Morgan fingerprint density at radius 1 is 1.09 bits per heavy atom. The third kappa shape index (κ3) is 8.13. The quantitative estimate of drug-likeness (QED) is 0.687. The van der Waals surface area contributed by atoms with Crippen LogP contribution in [0.5, 0.6) is 0 Å². The van der Waals surface area contributed by atoms with Crippen LogP contribution in [0, 0.1) is 5.92 Å². The predicted molar refractivity (Wildman–Crippen MR) is 92.5 cm³/mol. The van der Waals surface area contributed by atoms with E-state index >= 15 is 0 Å². The number of rotatable bonds is 10. The molecule has 0 bridgehead atoms. The van der Waals surface area contributed by atoms with Gasteiger partial charge in [-0.1, -0.05) is 44.9 Å². The summed E-state index contributed by atoms with van der Waals surface area (Å²) >= 11 is 0. The molecule has 1 aromatic carbocycles. The van der Waals surface area contributed by atoms with E-state index in [-0.39, 0.29) is 29.8 Å². The lowest BCUT2D eigenvalue weighted by molar-refractivity contribution is -0.121. The Kier molecular flexibility index (Phi) is 8.26. The minimum atomic E-state index is -3.54. The van der Waals surface area contributed by atoms with Crippen molar-refractivity contribution in [3.63, 3.8) is 0 Å². The van der Waals surface area contributed by atoms with E-state index in [9.17, 15) is 13.2 Å². The Morgan fingerprint density at radius 2 is 1.74 bits per heavy atom. The van der Waals surface area contributed by atoms with E-state index in [2.05, 4.69) is 23.9 Å². The lowest BCUT2D eigenvalue weighted by atomic mass is 10.0. The number of carbonyl (C=O) groups excluding carboxylic acids is 1. The van der Waals surface area contributed by atoms with Crippen LogP contribution >= 0.6 is 0 Å². The molecule has 0 spiro atoms. The molecular formula is C17H28N2O3S. The zero-order valence-corrected chi connectivity index (χ0v) is 15.0. The zero-order chi connectivity index (χ0) is 17.3. The van der Waals surface area contributed by atoms with Crippen LogP contribution in [0.1, 0.15) is 46.5 Å². The van der Waals surface area contributed by atoms with Gasteiger partial charge in [0, 0.05) is 19.0 Å². The van der Waals surface area contributed by atoms with Crippen LogP contribution in [-0.4, -0.2) is 26.9 Å². The molecule has 0 fully saturated rings. The molecule has 6 heteroatoms. The van der Waals surface area contributed by atoms with Crippen molar-refractivity contribution < 1.29 is 13.2 Å². The van der Waals surface area contributed by atoms with Crippen LogP contribution in [0.15, 0.2) is 35.2 Å². The molecule has 23 heavy (non-hydrogen) atoms. The summed E-state index contributed by atoms with van der Waals surface area (Å²) in [6, 6.07) is 8.26. The minimum absolute atomic E-state index is 0.0990. The van der Waals surface area contributed by atoms with E-state index < -0.39 is 10.0 Å². The second-order valence-electron chi connectivity index (χ2n) is 6.25. The molecule has 0 aliphatic rings. The SMILES string of the molecule is CC(C)CCCC(C)NC(=O)CCNS(=O)(=O)c1ccccc1.